The maximum absolute atomic E-state index is 13.9. The van der Waals surface area contributed by atoms with E-state index in [0.29, 0.717) is 17.9 Å². The number of methoxy groups -OCH3 is 1. The predicted molar refractivity (Wildman–Crippen MR) is 79.0 cm³/mol. The first kappa shape index (κ1) is 15.8. The molecular weight excluding hydrogens is 273 g/mol. The van der Waals surface area contributed by atoms with E-state index in [1.165, 1.54) is 25.3 Å². The lowest BCUT2D eigenvalue weighted by atomic mass is 9.90. The van der Waals surface area contributed by atoms with Crippen molar-refractivity contribution in [1.29, 1.82) is 0 Å². The molecular formula is C16H22FNO3. The van der Waals surface area contributed by atoms with Crippen LogP contribution < -0.4 is 5.32 Å². The Kier molecular flexibility index (Phi) is 4.83. The molecule has 1 saturated heterocycles. The monoisotopic (exact) mass is 295 g/mol. The zero-order valence-electron chi connectivity index (χ0n) is 12.7. The van der Waals surface area contributed by atoms with Crippen molar-refractivity contribution >= 4 is 11.7 Å². The van der Waals surface area contributed by atoms with Crippen molar-refractivity contribution in [2.24, 2.45) is 0 Å². The Hall–Kier alpha value is -1.62. The summed E-state index contributed by atoms with van der Waals surface area (Å²) in [6.45, 7) is 4.81. The highest BCUT2D eigenvalue weighted by Crippen LogP contribution is 2.30. The molecule has 1 aromatic carbocycles. The number of benzene rings is 1. The van der Waals surface area contributed by atoms with Crippen molar-refractivity contribution in [2.75, 3.05) is 19.0 Å². The number of carbonyl (C=O) groups is 1. The Bertz CT molecular complexity index is 520. The molecule has 0 aliphatic carbocycles. The van der Waals surface area contributed by atoms with E-state index < -0.39 is 5.97 Å². The maximum Gasteiger partial charge on any atom is 0.337 e. The number of carbonyl (C=O) groups excluding carboxylic acids is 1. The Morgan fingerprint density at radius 3 is 3.00 bits per heavy atom. The zero-order valence-corrected chi connectivity index (χ0v) is 12.7. The third kappa shape index (κ3) is 3.73. The van der Waals surface area contributed by atoms with Gasteiger partial charge in [0.25, 0.3) is 0 Å². The van der Waals surface area contributed by atoms with Gasteiger partial charge in [0, 0.05) is 12.6 Å². The summed E-state index contributed by atoms with van der Waals surface area (Å²) in [5.41, 5.74) is 0.502. The smallest absolute Gasteiger partial charge is 0.337 e. The fourth-order valence-corrected chi connectivity index (χ4v) is 2.60. The molecule has 21 heavy (non-hydrogen) atoms. The van der Waals surface area contributed by atoms with Crippen LogP contribution in [0.4, 0.5) is 10.1 Å². The highest BCUT2D eigenvalue weighted by Gasteiger charge is 2.31. The average molecular weight is 295 g/mol. The van der Waals surface area contributed by atoms with Crippen LogP contribution in [0.2, 0.25) is 0 Å². The number of esters is 1. The van der Waals surface area contributed by atoms with Crippen molar-refractivity contribution in [3.05, 3.63) is 29.6 Å². The number of nitrogens with one attached hydrogen (secondary N) is 1. The lowest BCUT2D eigenvalue weighted by Gasteiger charge is -2.38. The van der Waals surface area contributed by atoms with Crippen LogP contribution in [0.25, 0.3) is 0 Å². The molecule has 1 fully saturated rings. The van der Waals surface area contributed by atoms with Gasteiger partial charge in [-0.2, -0.15) is 0 Å². The highest BCUT2D eigenvalue weighted by atomic mass is 19.1. The van der Waals surface area contributed by atoms with Crippen LogP contribution in [0.1, 0.15) is 43.5 Å². The predicted octanol–water partition coefficient (Wildman–Crippen LogP) is 3.37. The van der Waals surface area contributed by atoms with Crippen molar-refractivity contribution in [3.8, 4) is 0 Å². The van der Waals surface area contributed by atoms with Crippen LogP contribution in [-0.4, -0.2) is 31.3 Å². The number of anilines is 1. The molecule has 4 nitrogen and oxygen atoms in total. The van der Waals surface area contributed by atoms with Crippen LogP contribution in [0.15, 0.2) is 18.2 Å². The largest absolute Gasteiger partial charge is 0.465 e. The average Bonchev–Trinajstić information content (AvgIpc) is 2.49. The van der Waals surface area contributed by atoms with E-state index in [0.717, 1.165) is 19.3 Å². The molecule has 0 radical (unpaired) electrons. The maximum atomic E-state index is 13.9. The molecule has 0 spiro atoms. The molecule has 1 aliphatic heterocycles. The summed E-state index contributed by atoms with van der Waals surface area (Å²) in [5.74, 6) is -0.837. The van der Waals surface area contributed by atoms with Gasteiger partial charge in [-0.1, -0.05) is 6.92 Å². The fourth-order valence-electron chi connectivity index (χ4n) is 2.60. The molecule has 1 N–H and O–H groups in total. The van der Waals surface area contributed by atoms with E-state index >= 15 is 0 Å². The Balaban J connectivity index is 2.13. The summed E-state index contributed by atoms with van der Waals surface area (Å²) in [6, 6.07) is 4.34. The van der Waals surface area contributed by atoms with Gasteiger partial charge in [0.15, 0.2) is 0 Å². The minimum Gasteiger partial charge on any atom is -0.465 e. The third-order valence-electron chi connectivity index (χ3n) is 4.09. The minimum absolute atomic E-state index is 0.131. The van der Waals surface area contributed by atoms with Gasteiger partial charge in [-0.25, -0.2) is 9.18 Å². The van der Waals surface area contributed by atoms with Crippen molar-refractivity contribution in [3.63, 3.8) is 0 Å². The molecule has 2 rings (SSSR count). The van der Waals surface area contributed by atoms with Crippen LogP contribution in [0, 0.1) is 5.82 Å². The summed E-state index contributed by atoms with van der Waals surface area (Å²) in [6.07, 6.45) is 2.54. The van der Waals surface area contributed by atoms with E-state index in [9.17, 15) is 9.18 Å². The highest BCUT2D eigenvalue weighted by molar-refractivity contribution is 5.90. The quantitative estimate of drug-likeness (QED) is 0.865. The lowest BCUT2D eigenvalue weighted by molar-refractivity contribution is -0.0709. The molecule has 0 amide bonds. The van der Waals surface area contributed by atoms with Crippen molar-refractivity contribution < 1.29 is 18.7 Å². The first-order valence-electron chi connectivity index (χ1n) is 7.26. The number of hydrogen-bond acceptors (Lipinski definition) is 4. The lowest BCUT2D eigenvalue weighted by Crippen LogP contribution is -2.42. The van der Waals surface area contributed by atoms with Gasteiger partial charge < -0.3 is 14.8 Å². The number of ether oxygens (including phenoxy) is 2. The zero-order chi connectivity index (χ0) is 15.5. The number of halogens is 1. The van der Waals surface area contributed by atoms with Gasteiger partial charge in [0.1, 0.15) is 5.82 Å². The van der Waals surface area contributed by atoms with Gasteiger partial charge in [-0.15, -0.1) is 0 Å². The molecule has 1 aromatic rings. The van der Waals surface area contributed by atoms with Crippen LogP contribution in [0.5, 0.6) is 0 Å². The van der Waals surface area contributed by atoms with E-state index in [2.05, 4.69) is 23.9 Å². The second-order valence-electron chi connectivity index (χ2n) is 5.67. The SMILES string of the molecule is CCC1(C)CC(Nc2cc(C(=O)OC)ccc2F)CCO1. The Morgan fingerprint density at radius 2 is 2.33 bits per heavy atom. The van der Waals surface area contributed by atoms with Crippen LogP contribution >= 0.6 is 0 Å². The first-order chi connectivity index (χ1) is 9.97. The van der Waals surface area contributed by atoms with Gasteiger partial charge in [-0.3, -0.25) is 0 Å². The molecule has 116 valence electrons. The molecule has 2 unspecified atom stereocenters. The molecule has 0 saturated carbocycles. The summed E-state index contributed by atoms with van der Waals surface area (Å²) >= 11 is 0. The first-order valence-corrected chi connectivity index (χ1v) is 7.26. The van der Waals surface area contributed by atoms with E-state index in [4.69, 9.17) is 4.74 Å². The van der Waals surface area contributed by atoms with Gasteiger partial charge in [0.05, 0.1) is 24.0 Å². The second-order valence-corrected chi connectivity index (χ2v) is 5.67. The normalized spacial score (nSPS) is 25.4. The summed E-state index contributed by atoms with van der Waals surface area (Å²) in [4.78, 5) is 11.5. The van der Waals surface area contributed by atoms with Gasteiger partial charge in [-0.05, 0) is 44.4 Å². The van der Waals surface area contributed by atoms with Crippen molar-refractivity contribution in [2.45, 2.75) is 44.8 Å². The van der Waals surface area contributed by atoms with E-state index in [1.54, 1.807) is 0 Å². The van der Waals surface area contributed by atoms with Crippen molar-refractivity contribution in [1.82, 2.24) is 0 Å². The fraction of sp³-hybridized carbons (Fsp3) is 0.562. The third-order valence-corrected chi connectivity index (χ3v) is 4.09. The molecule has 2 atom stereocenters. The number of rotatable bonds is 4. The molecule has 0 bridgehead atoms. The summed E-state index contributed by atoms with van der Waals surface area (Å²) < 4.78 is 24.4. The van der Waals surface area contributed by atoms with E-state index in [1.807, 2.05) is 0 Å². The Labute approximate surface area is 124 Å². The van der Waals surface area contributed by atoms with Crippen LogP contribution in [-0.2, 0) is 9.47 Å². The molecule has 0 aromatic heterocycles. The van der Waals surface area contributed by atoms with Crippen LogP contribution in [0.3, 0.4) is 0 Å². The van der Waals surface area contributed by atoms with Gasteiger partial charge >= 0.3 is 5.97 Å². The van der Waals surface area contributed by atoms with Gasteiger partial charge in [0.2, 0.25) is 0 Å². The topological polar surface area (TPSA) is 47.6 Å². The molecule has 1 aliphatic rings. The molecule has 5 heteroatoms. The minimum atomic E-state index is -0.469. The second kappa shape index (κ2) is 6.43. The molecule has 1 heterocycles. The summed E-state index contributed by atoms with van der Waals surface area (Å²) in [7, 11) is 1.31. The number of hydrogen-bond donors (Lipinski definition) is 1. The summed E-state index contributed by atoms with van der Waals surface area (Å²) in [5, 5.41) is 3.20. The van der Waals surface area contributed by atoms with E-state index in [-0.39, 0.29) is 17.5 Å². The standard InChI is InChI=1S/C16H22FNO3/c1-4-16(2)10-12(7-8-21-16)18-14-9-11(15(19)20-3)5-6-13(14)17/h5-6,9,12,18H,4,7-8,10H2,1-3H3. The Morgan fingerprint density at radius 1 is 1.57 bits per heavy atom.